The maximum Gasteiger partial charge on any atom is 0.276 e. The second-order valence-electron chi connectivity index (χ2n) is 5.94. The van der Waals surface area contributed by atoms with Gasteiger partial charge in [0.1, 0.15) is 0 Å². The number of piperidine rings is 1. The summed E-state index contributed by atoms with van der Waals surface area (Å²) in [7, 11) is 1.68. The molecule has 2 aromatic rings. The fourth-order valence-electron chi connectivity index (χ4n) is 2.97. The van der Waals surface area contributed by atoms with Crippen molar-refractivity contribution in [2.75, 3.05) is 19.6 Å². The van der Waals surface area contributed by atoms with E-state index in [9.17, 15) is 14.4 Å². The SMILES string of the molecule is Cn1nc(C(=O)NCC(=O)N2CCCCC2)c(=O)c2ccccc21. The number of fused-ring (bicyclic) bond motifs is 1. The van der Waals surface area contributed by atoms with Gasteiger partial charge >= 0.3 is 0 Å². The van der Waals surface area contributed by atoms with E-state index in [0.29, 0.717) is 10.9 Å². The first-order valence-electron chi connectivity index (χ1n) is 8.10. The van der Waals surface area contributed by atoms with Gasteiger partial charge in [-0.2, -0.15) is 5.10 Å². The number of aryl methyl sites for hydroxylation is 1. The third-order valence-corrected chi connectivity index (χ3v) is 4.29. The molecule has 0 saturated carbocycles. The number of para-hydroxylation sites is 1. The Morgan fingerprint density at radius 2 is 1.88 bits per heavy atom. The van der Waals surface area contributed by atoms with Crippen LogP contribution in [0.3, 0.4) is 0 Å². The van der Waals surface area contributed by atoms with Gasteiger partial charge in [-0.05, 0) is 31.4 Å². The molecule has 0 atom stereocenters. The third-order valence-electron chi connectivity index (χ3n) is 4.29. The van der Waals surface area contributed by atoms with Gasteiger partial charge in [0.25, 0.3) is 5.91 Å². The Kier molecular flexibility index (Phi) is 4.59. The molecule has 1 aliphatic heterocycles. The highest BCUT2D eigenvalue weighted by Crippen LogP contribution is 2.09. The lowest BCUT2D eigenvalue weighted by Gasteiger charge is -2.26. The predicted octanol–water partition coefficient (Wildman–Crippen LogP) is 0.676. The second-order valence-corrected chi connectivity index (χ2v) is 5.94. The molecule has 0 bridgehead atoms. The van der Waals surface area contributed by atoms with Crippen molar-refractivity contribution in [3.8, 4) is 0 Å². The Hall–Kier alpha value is -2.70. The average molecular weight is 328 g/mol. The van der Waals surface area contributed by atoms with Crippen LogP contribution >= 0.6 is 0 Å². The summed E-state index contributed by atoms with van der Waals surface area (Å²) in [5.74, 6) is -0.743. The molecular formula is C17H20N4O3. The number of hydrogen-bond donors (Lipinski definition) is 1. The van der Waals surface area contributed by atoms with Crippen LogP contribution in [0.2, 0.25) is 0 Å². The van der Waals surface area contributed by atoms with Crippen LogP contribution in [0.5, 0.6) is 0 Å². The maximum atomic E-state index is 12.4. The Labute approximate surface area is 139 Å². The summed E-state index contributed by atoms with van der Waals surface area (Å²) in [5.41, 5.74) is 0.0395. The number of amides is 2. The summed E-state index contributed by atoms with van der Waals surface area (Å²) in [5, 5.41) is 7.01. The number of rotatable bonds is 3. The minimum atomic E-state index is -0.619. The van der Waals surface area contributed by atoms with Crippen molar-refractivity contribution < 1.29 is 9.59 Å². The van der Waals surface area contributed by atoms with E-state index in [1.165, 1.54) is 4.68 Å². The minimum Gasteiger partial charge on any atom is -0.341 e. The Morgan fingerprint density at radius 3 is 2.62 bits per heavy atom. The Bertz CT molecular complexity index is 837. The number of carbonyl (C=O) groups is 2. The van der Waals surface area contributed by atoms with Crippen LogP contribution < -0.4 is 10.7 Å². The molecule has 7 heteroatoms. The quantitative estimate of drug-likeness (QED) is 0.898. The van der Waals surface area contributed by atoms with Gasteiger partial charge in [-0.15, -0.1) is 0 Å². The van der Waals surface area contributed by atoms with Crippen LogP contribution in [0.4, 0.5) is 0 Å². The summed E-state index contributed by atoms with van der Waals surface area (Å²) in [4.78, 5) is 38.6. The van der Waals surface area contributed by atoms with Crippen molar-refractivity contribution in [3.63, 3.8) is 0 Å². The maximum absolute atomic E-state index is 12.4. The van der Waals surface area contributed by atoms with Gasteiger partial charge in [0.05, 0.1) is 12.1 Å². The van der Waals surface area contributed by atoms with Gasteiger partial charge in [0.2, 0.25) is 11.3 Å². The van der Waals surface area contributed by atoms with Crippen molar-refractivity contribution in [2.45, 2.75) is 19.3 Å². The number of benzene rings is 1. The minimum absolute atomic E-state index is 0.115. The van der Waals surface area contributed by atoms with Crippen molar-refractivity contribution in [3.05, 3.63) is 40.2 Å². The monoisotopic (exact) mass is 328 g/mol. The largest absolute Gasteiger partial charge is 0.341 e. The van der Waals surface area contributed by atoms with E-state index >= 15 is 0 Å². The topological polar surface area (TPSA) is 84.3 Å². The number of nitrogens with one attached hydrogen (secondary N) is 1. The van der Waals surface area contributed by atoms with Gasteiger partial charge < -0.3 is 10.2 Å². The van der Waals surface area contributed by atoms with Crippen LogP contribution in [0.1, 0.15) is 29.8 Å². The summed E-state index contributed by atoms with van der Waals surface area (Å²) >= 11 is 0. The van der Waals surface area contributed by atoms with Crippen molar-refractivity contribution in [1.82, 2.24) is 20.0 Å². The lowest BCUT2D eigenvalue weighted by atomic mass is 10.1. The van der Waals surface area contributed by atoms with E-state index < -0.39 is 11.3 Å². The molecule has 1 saturated heterocycles. The van der Waals surface area contributed by atoms with Crippen LogP contribution in [-0.2, 0) is 11.8 Å². The Morgan fingerprint density at radius 1 is 1.17 bits per heavy atom. The molecule has 0 radical (unpaired) electrons. The molecule has 7 nitrogen and oxygen atoms in total. The van der Waals surface area contributed by atoms with Crippen molar-refractivity contribution in [1.29, 1.82) is 0 Å². The molecule has 1 aromatic heterocycles. The number of nitrogens with zero attached hydrogens (tertiary/aromatic N) is 3. The molecule has 1 aromatic carbocycles. The van der Waals surface area contributed by atoms with Gasteiger partial charge in [-0.3, -0.25) is 19.1 Å². The van der Waals surface area contributed by atoms with Gasteiger partial charge in [-0.25, -0.2) is 0 Å². The van der Waals surface area contributed by atoms with E-state index in [4.69, 9.17) is 0 Å². The molecule has 126 valence electrons. The molecule has 0 unspecified atom stereocenters. The van der Waals surface area contributed by atoms with E-state index in [1.54, 1.807) is 36.2 Å². The highest BCUT2D eigenvalue weighted by molar-refractivity contribution is 5.97. The zero-order valence-electron chi connectivity index (χ0n) is 13.6. The lowest BCUT2D eigenvalue weighted by molar-refractivity contribution is -0.130. The predicted molar refractivity (Wildman–Crippen MR) is 89.7 cm³/mol. The van der Waals surface area contributed by atoms with Gasteiger partial charge in [0.15, 0.2) is 5.69 Å². The van der Waals surface area contributed by atoms with Crippen molar-refractivity contribution >= 4 is 22.7 Å². The first-order chi connectivity index (χ1) is 11.6. The molecular weight excluding hydrogens is 308 g/mol. The van der Waals surface area contributed by atoms with E-state index in [2.05, 4.69) is 10.4 Å². The third kappa shape index (κ3) is 3.15. The standard InChI is InChI=1S/C17H20N4O3/c1-20-13-8-4-3-7-12(13)16(23)15(19-20)17(24)18-11-14(22)21-9-5-2-6-10-21/h3-4,7-8H,2,5-6,9-11H2,1H3,(H,18,24). The second kappa shape index (κ2) is 6.82. The molecule has 0 aliphatic carbocycles. The molecule has 2 heterocycles. The Balaban J connectivity index is 1.75. The highest BCUT2D eigenvalue weighted by Gasteiger charge is 2.20. The zero-order chi connectivity index (χ0) is 17.1. The van der Waals surface area contributed by atoms with Gasteiger partial charge in [-0.1, -0.05) is 12.1 Å². The molecule has 1 fully saturated rings. The van der Waals surface area contributed by atoms with E-state index in [-0.39, 0.29) is 18.1 Å². The van der Waals surface area contributed by atoms with Gasteiger partial charge in [0, 0.05) is 25.5 Å². The molecule has 2 amide bonds. The van der Waals surface area contributed by atoms with E-state index in [1.807, 2.05) is 0 Å². The number of likely N-dealkylation sites (tertiary alicyclic amines) is 1. The molecule has 3 rings (SSSR count). The van der Waals surface area contributed by atoms with E-state index in [0.717, 1.165) is 32.4 Å². The molecule has 24 heavy (non-hydrogen) atoms. The smallest absolute Gasteiger partial charge is 0.276 e. The first-order valence-corrected chi connectivity index (χ1v) is 8.10. The fraction of sp³-hybridized carbons (Fsp3) is 0.412. The van der Waals surface area contributed by atoms with Crippen molar-refractivity contribution in [2.24, 2.45) is 7.05 Å². The summed E-state index contributed by atoms with van der Waals surface area (Å²) in [6.45, 7) is 1.34. The first kappa shape index (κ1) is 16.2. The average Bonchev–Trinajstić information content (AvgIpc) is 2.63. The van der Waals surface area contributed by atoms with Crippen LogP contribution in [0, 0.1) is 0 Å². The number of hydrogen-bond acceptors (Lipinski definition) is 4. The van der Waals surface area contributed by atoms with Crippen LogP contribution in [0.25, 0.3) is 10.9 Å². The summed E-state index contributed by atoms with van der Waals surface area (Å²) < 4.78 is 1.50. The fourth-order valence-corrected chi connectivity index (χ4v) is 2.97. The van der Waals surface area contributed by atoms with Crippen LogP contribution in [-0.4, -0.2) is 46.1 Å². The summed E-state index contributed by atoms with van der Waals surface area (Å²) in [6, 6.07) is 6.98. The molecule has 0 spiro atoms. The normalized spacial score (nSPS) is 14.6. The molecule has 1 aliphatic rings. The number of aromatic nitrogens is 2. The van der Waals surface area contributed by atoms with Crippen LogP contribution in [0.15, 0.2) is 29.1 Å². The number of carbonyl (C=O) groups excluding carboxylic acids is 2. The molecule has 1 N–H and O–H groups in total. The highest BCUT2D eigenvalue weighted by atomic mass is 16.2. The lowest BCUT2D eigenvalue weighted by Crippen LogP contribution is -2.43. The summed E-state index contributed by atoms with van der Waals surface area (Å²) in [6.07, 6.45) is 3.12. The zero-order valence-corrected chi connectivity index (χ0v) is 13.6.